The number of ether oxygens (including phenoxy) is 1. The molecule has 0 aromatic heterocycles. The number of likely N-dealkylation sites (tertiary alicyclic amines) is 1. The Morgan fingerprint density at radius 3 is 2.50 bits per heavy atom. The van der Waals surface area contributed by atoms with Crippen molar-refractivity contribution in [2.75, 3.05) is 6.54 Å². The van der Waals surface area contributed by atoms with Crippen LogP contribution in [0.25, 0.3) is 0 Å². The normalized spacial score (nSPS) is 16.8. The molecule has 1 aliphatic heterocycles. The first-order chi connectivity index (χ1) is 12.4. The fraction of sp³-hybridized carbons (Fsp3) is 0.263. The van der Waals surface area contributed by atoms with Gasteiger partial charge in [-0.15, -0.1) is 0 Å². The second kappa shape index (κ2) is 7.86. The number of thioether (sulfide) groups is 1. The predicted molar refractivity (Wildman–Crippen MR) is 95.0 cm³/mol. The molecule has 1 aliphatic rings. The molecule has 0 N–H and O–H groups in total. The monoisotopic (exact) mass is 377 g/mol. The van der Waals surface area contributed by atoms with Gasteiger partial charge in [0.05, 0.1) is 0 Å². The van der Waals surface area contributed by atoms with Crippen molar-refractivity contribution in [1.82, 2.24) is 4.90 Å². The number of hydrogen-bond acceptors (Lipinski definition) is 4. The first-order valence-corrected chi connectivity index (χ1v) is 8.95. The lowest BCUT2D eigenvalue weighted by Gasteiger charge is -2.16. The van der Waals surface area contributed by atoms with Crippen molar-refractivity contribution in [2.45, 2.75) is 25.1 Å². The van der Waals surface area contributed by atoms with Crippen molar-refractivity contribution in [3.05, 3.63) is 59.7 Å². The van der Waals surface area contributed by atoms with Crippen LogP contribution in [-0.2, 0) is 16.1 Å². The second-order valence-corrected chi connectivity index (χ2v) is 7.51. The summed E-state index contributed by atoms with van der Waals surface area (Å²) < 4.78 is 31.6. The van der Waals surface area contributed by atoms with Crippen LogP contribution >= 0.6 is 11.8 Å². The number of carbonyl (C=O) groups excluding carboxylic acids is 2. The summed E-state index contributed by atoms with van der Waals surface area (Å²) in [5.74, 6) is -1.17. The Bertz CT molecular complexity index is 826. The minimum atomic E-state index is -0.968. The lowest BCUT2D eigenvalue weighted by Crippen LogP contribution is -2.24. The molecule has 0 aliphatic carbocycles. The quantitative estimate of drug-likeness (QED) is 0.786. The maximum absolute atomic E-state index is 13.2. The molecule has 0 saturated carbocycles. The Labute approximate surface area is 154 Å². The van der Waals surface area contributed by atoms with Crippen LogP contribution in [0.5, 0.6) is 11.5 Å². The molecular weight excluding hydrogens is 360 g/mol. The molecule has 1 atom stereocenters. The third kappa shape index (κ3) is 4.60. The van der Waals surface area contributed by atoms with Gasteiger partial charge in [-0.05, 0) is 29.8 Å². The van der Waals surface area contributed by atoms with Gasteiger partial charge in [0.15, 0.2) is 16.7 Å². The number of nitrogens with zero attached hydrogens (tertiary/aromatic N) is 1. The average Bonchev–Trinajstić information content (AvgIpc) is 2.91. The zero-order valence-corrected chi connectivity index (χ0v) is 14.9. The average molecular weight is 377 g/mol. The molecular formula is C19H17F2NO3S. The van der Waals surface area contributed by atoms with E-state index in [1.54, 1.807) is 17.0 Å². The second-order valence-electron chi connectivity index (χ2n) is 6.03. The first-order valence-electron chi connectivity index (χ1n) is 8.07. The molecule has 1 amide bonds. The number of halogens is 2. The number of amides is 1. The minimum Gasteiger partial charge on any atom is -0.457 e. The smallest absolute Gasteiger partial charge is 0.224 e. The van der Waals surface area contributed by atoms with E-state index >= 15 is 0 Å². The van der Waals surface area contributed by atoms with Gasteiger partial charge in [0.1, 0.15) is 11.5 Å². The number of carbonyl (C=O) groups is 2. The molecule has 26 heavy (non-hydrogen) atoms. The summed E-state index contributed by atoms with van der Waals surface area (Å²) in [6.07, 6.45) is 0.377. The molecule has 1 saturated heterocycles. The fourth-order valence-corrected chi connectivity index (χ4v) is 3.71. The van der Waals surface area contributed by atoms with E-state index in [9.17, 15) is 18.4 Å². The predicted octanol–water partition coefficient (Wildman–Crippen LogP) is 4.14. The van der Waals surface area contributed by atoms with E-state index in [-0.39, 0.29) is 22.0 Å². The molecule has 3 rings (SSSR count). The molecule has 7 heteroatoms. The maximum Gasteiger partial charge on any atom is 0.224 e. The molecule has 2 aromatic carbocycles. The Hall–Kier alpha value is -2.41. The van der Waals surface area contributed by atoms with Crippen LogP contribution in [-0.4, -0.2) is 27.7 Å². The lowest BCUT2D eigenvalue weighted by atomic mass is 10.2. The highest BCUT2D eigenvalue weighted by Crippen LogP contribution is 2.27. The third-order valence-electron chi connectivity index (χ3n) is 3.94. The Kier molecular flexibility index (Phi) is 5.56. The maximum atomic E-state index is 13.2. The largest absolute Gasteiger partial charge is 0.457 e. The van der Waals surface area contributed by atoms with Crippen molar-refractivity contribution >= 4 is 22.8 Å². The first kappa shape index (κ1) is 18.4. The fourth-order valence-electron chi connectivity index (χ4n) is 2.76. The summed E-state index contributed by atoms with van der Waals surface area (Å²) in [7, 11) is 0. The van der Waals surface area contributed by atoms with Crippen LogP contribution in [0.3, 0.4) is 0 Å². The topological polar surface area (TPSA) is 46.6 Å². The van der Waals surface area contributed by atoms with Crippen LogP contribution < -0.4 is 4.74 Å². The lowest BCUT2D eigenvalue weighted by molar-refractivity contribution is -0.128. The molecule has 1 fully saturated rings. The standard InChI is InChI=1S/C19H17F2NO3S/c1-12(23)26-16-9-19(24)22(11-16)10-13-2-4-14(5-3-13)25-15-6-7-17(20)18(21)8-15/h2-8,16H,9-11H2,1H3. The summed E-state index contributed by atoms with van der Waals surface area (Å²) in [6.45, 7) is 2.51. The van der Waals surface area contributed by atoms with Crippen LogP contribution in [0.1, 0.15) is 18.9 Å². The summed E-state index contributed by atoms with van der Waals surface area (Å²) in [6, 6.07) is 10.4. The van der Waals surface area contributed by atoms with Crippen molar-refractivity contribution in [3.8, 4) is 11.5 Å². The molecule has 1 heterocycles. The molecule has 0 radical (unpaired) electrons. The van der Waals surface area contributed by atoms with Crippen molar-refractivity contribution in [3.63, 3.8) is 0 Å². The van der Waals surface area contributed by atoms with Crippen LogP contribution in [0, 0.1) is 11.6 Å². The highest BCUT2D eigenvalue weighted by atomic mass is 32.2. The van der Waals surface area contributed by atoms with Crippen molar-refractivity contribution < 1.29 is 23.1 Å². The molecule has 4 nitrogen and oxygen atoms in total. The van der Waals surface area contributed by atoms with E-state index in [0.29, 0.717) is 25.3 Å². The highest BCUT2D eigenvalue weighted by molar-refractivity contribution is 8.14. The summed E-state index contributed by atoms with van der Waals surface area (Å²) >= 11 is 1.21. The molecule has 2 aromatic rings. The highest BCUT2D eigenvalue weighted by Gasteiger charge is 2.30. The van der Waals surface area contributed by atoms with E-state index in [2.05, 4.69) is 0 Å². The van der Waals surface area contributed by atoms with Crippen LogP contribution in [0.2, 0.25) is 0 Å². The van der Waals surface area contributed by atoms with Gasteiger partial charge >= 0.3 is 0 Å². The van der Waals surface area contributed by atoms with Gasteiger partial charge in [-0.3, -0.25) is 9.59 Å². The van der Waals surface area contributed by atoms with Gasteiger partial charge in [-0.1, -0.05) is 23.9 Å². The number of hydrogen-bond donors (Lipinski definition) is 0. The van der Waals surface area contributed by atoms with Gasteiger partial charge in [-0.2, -0.15) is 0 Å². The van der Waals surface area contributed by atoms with E-state index in [1.165, 1.54) is 24.8 Å². The van der Waals surface area contributed by atoms with E-state index in [0.717, 1.165) is 17.7 Å². The zero-order chi connectivity index (χ0) is 18.7. The van der Waals surface area contributed by atoms with Gasteiger partial charge in [0.2, 0.25) is 5.91 Å². The van der Waals surface area contributed by atoms with E-state index < -0.39 is 11.6 Å². The SMILES string of the molecule is CC(=O)SC1CC(=O)N(Cc2ccc(Oc3ccc(F)c(F)c3)cc2)C1. The van der Waals surface area contributed by atoms with Gasteiger partial charge < -0.3 is 9.64 Å². The Morgan fingerprint density at radius 2 is 1.85 bits per heavy atom. The van der Waals surface area contributed by atoms with E-state index in [1.807, 2.05) is 12.1 Å². The molecule has 136 valence electrons. The van der Waals surface area contributed by atoms with Gasteiger partial charge in [0.25, 0.3) is 0 Å². The molecule has 0 bridgehead atoms. The summed E-state index contributed by atoms with van der Waals surface area (Å²) in [5.41, 5.74) is 0.921. The zero-order valence-electron chi connectivity index (χ0n) is 14.1. The minimum absolute atomic E-state index is 0.0102. The van der Waals surface area contributed by atoms with E-state index in [4.69, 9.17) is 4.74 Å². The summed E-state index contributed by atoms with van der Waals surface area (Å²) in [5, 5.41) is 0.0272. The van der Waals surface area contributed by atoms with Gasteiger partial charge in [0, 0.05) is 37.8 Å². The molecule has 1 unspecified atom stereocenters. The van der Waals surface area contributed by atoms with Crippen molar-refractivity contribution in [1.29, 1.82) is 0 Å². The molecule has 0 spiro atoms. The number of rotatable bonds is 5. The van der Waals surface area contributed by atoms with Crippen LogP contribution in [0.15, 0.2) is 42.5 Å². The summed E-state index contributed by atoms with van der Waals surface area (Å²) in [4.78, 5) is 25.0. The number of benzene rings is 2. The Morgan fingerprint density at radius 1 is 1.15 bits per heavy atom. The van der Waals surface area contributed by atoms with Crippen molar-refractivity contribution in [2.24, 2.45) is 0 Å². The third-order valence-corrected chi connectivity index (χ3v) is 4.92. The Balaban J connectivity index is 1.60. The van der Waals surface area contributed by atoms with Crippen LogP contribution in [0.4, 0.5) is 8.78 Å². The van der Waals surface area contributed by atoms with Gasteiger partial charge in [-0.25, -0.2) is 8.78 Å².